The molecule has 2 heterocycles. The molecule has 1 N–H and O–H groups in total. The topological polar surface area (TPSA) is 52.6 Å². The Kier molecular flexibility index (Phi) is 10.1. The molecule has 2 aliphatic heterocycles. The van der Waals surface area contributed by atoms with Gasteiger partial charge >= 0.3 is 0 Å². The van der Waals surface area contributed by atoms with Crippen molar-refractivity contribution in [1.82, 2.24) is 15.1 Å². The summed E-state index contributed by atoms with van der Waals surface area (Å²) in [4.78, 5) is 11.8. The van der Waals surface area contributed by atoms with Gasteiger partial charge in [0.05, 0.1) is 26.0 Å². The number of rotatable bonds is 6. The highest BCUT2D eigenvalue weighted by Gasteiger charge is 2.22. The highest BCUT2D eigenvalue weighted by atomic mass is 127. The number of hydrogen-bond acceptors (Lipinski definition) is 5. The number of benzene rings is 2. The van der Waals surface area contributed by atoms with Gasteiger partial charge in [-0.15, -0.1) is 24.0 Å². The maximum atomic E-state index is 5.55. The van der Waals surface area contributed by atoms with Crippen LogP contribution in [0.4, 0.5) is 5.69 Å². The molecule has 2 saturated heterocycles. The van der Waals surface area contributed by atoms with Crippen molar-refractivity contribution in [3.63, 3.8) is 0 Å². The van der Waals surface area contributed by atoms with Gasteiger partial charge < -0.3 is 24.6 Å². The number of para-hydroxylation sites is 2. The molecule has 0 atom stereocenters. The van der Waals surface area contributed by atoms with Crippen molar-refractivity contribution < 1.29 is 9.47 Å². The van der Waals surface area contributed by atoms with Crippen molar-refractivity contribution in [2.75, 3.05) is 71.5 Å². The van der Waals surface area contributed by atoms with Gasteiger partial charge in [-0.1, -0.05) is 36.4 Å². The number of hydrogen-bond donors (Lipinski definition) is 1. The van der Waals surface area contributed by atoms with Crippen LogP contribution < -0.4 is 15.0 Å². The number of ether oxygens (including phenoxy) is 2. The minimum Gasteiger partial charge on any atom is -0.495 e. The number of morpholine rings is 1. The number of anilines is 1. The fraction of sp³-hybridized carbons (Fsp3) is 0.480. The molecule has 0 aromatic heterocycles. The molecule has 0 radical (unpaired) electrons. The zero-order valence-electron chi connectivity index (χ0n) is 19.7. The molecule has 0 amide bonds. The van der Waals surface area contributed by atoms with Gasteiger partial charge in [-0.25, -0.2) is 0 Å². The molecule has 7 nitrogen and oxygen atoms in total. The number of aliphatic imine (C=N–C) groups is 1. The third-order valence-corrected chi connectivity index (χ3v) is 6.27. The summed E-state index contributed by atoms with van der Waals surface area (Å²) in [6.07, 6.45) is 0. The van der Waals surface area contributed by atoms with E-state index in [0.29, 0.717) is 0 Å². The minimum atomic E-state index is 0. The van der Waals surface area contributed by atoms with Gasteiger partial charge in [0.1, 0.15) is 5.75 Å². The van der Waals surface area contributed by atoms with E-state index in [2.05, 4.69) is 61.4 Å². The monoisotopic (exact) mass is 565 g/mol. The first-order chi connectivity index (χ1) is 15.8. The average Bonchev–Trinajstić information content (AvgIpc) is 2.86. The Balaban J connectivity index is 0.00000306. The molecule has 2 aromatic carbocycles. The van der Waals surface area contributed by atoms with Crippen molar-refractivity contribution in [2.45, 2.75) is 13.1 Å². The van der Waals surface area contributed by atoms with Crippen molar-refractivity contribution in [1.29, 1.82) is 0 Å². The number of nitrogens with zero attached hydrogens (tertiary/aromatic N) is 4. The summed E-state index contributed by atoms with van der Waals surface area (Å²) < 4.78 is 11.0. The van der Waals surface area contributed by atoms with E-state index in [1.165, 1.54) is 11.1 Å². The van der Waals surface area contributed by atoms with Crippen LogP contribution in [0.3, 0.4) is 0 Å². The second kappa shape index (κ2) is 13.0. The standard InChI is InChI=1S/C25H35N5O2.HI/c1-26-25(30-13-11-29(12-14-30)23-9-5-6-10-24(23)31-2)27-19-21-7-3-4-8-22(21)20-28-15-17-32-18-16-28;/h3-10H,11-20H2,1-2H3,(H,26,27);1H. The highest BCUT2D eigenvalue weighted by Crippen LogP contribution is 2.28. The van der Waals surface area contributed by atoms with Crippen LogP contribution in [0.2, 0.25) is 0 Å². The van der Waals surface area contributed by atoms with E-state index in [0.717, 1.165) is 83.0 Å². The van der Waals surface area contributed by atoms with E-state index in [9.17, 15) is 0 Å². The maximum absolute atomic E-state index is 5.55. The lowest BCUT2D eigenvalue weighted by molar-refractivity contribution is 0.0341. The van der Waals surface area contributed by atoms with Gasteiger partial charge in [-0.3, -0.25) is 9.89 Å². The van der Waals surface area contributed by atoms with Crippen LogP contribution in [-0.4, -0.2) is 82.4 Å². The molecule has 2 aliphatic rings. The third-order valence-electron chi connectivity index (χ3n) is 6.27. The van der Waals surface area contributed by atoms with Crippen LogP contribution in [0.5, 0.6) is 5.75 Å². The van der Waals surface area contributed by atoms with Crippen LogP contribution >= 0.6 is 24.0 Å². The first-order valence-corrected chi connectivity index (χ1v) is 11.5. The summed E-state index contributed by atoms with van der Waals surface area (Å²) in [5.41, 5.74) is 3.86. The second-order valence-corrected chi connectivity index (χ2v) is 8.20. The molecule has 33 heavy (non-hydrogen) atoms. The molecule has 0 unspecified atom stereocenters. The van der Waals surface area contributed by atoms with Crippen molar-refractivity contribution >= 4 is 35.6 Å². The molecule has 180 valence electrons. The van der Waals surface area contributed by atoms with Crippen molar-refractivity contribution in [3.05, 3.63) is 59.7 Å². The molecular weight excluding hydrogens is 529 g/mol. The first-order valence-electron chi connectivity index (χ1n) is 11.5. The Morgan fingerprint density at radius 1 is 0.939 bits per heavy atom. The smallest absolute Gasteiger partial charge is 0.194 e. The van der Waals surface area contributed by atoms with E-state index in [1.54, 1.807) is 7.11 Å². The maximum Gasteiger partial charge on any atom is 0.194 e. The summed E-state index contributed by atoms with van der Waals surface area (Å²) in [5, 5.41) is 3.60. The largest absolute Gasteiger partial charge is 0.495 e. The second-order valence-electron chi connectivity index (χ2n) is 8.20. The molecule has 0 bridgehead atoms. The quantitative estimate of drug-likeness (QED) is 0.330. The number of nitrogens with one attached hydrogen (secondary N) is 1. The van der Waals surface area contributed by atoms with Crippen LogP contribution in [-0.2, 0) is 17.8 Å². The molecule has 0 aliphatic carbocycles. The van der Waals surface area contributed by atoms with Gasteiger partial charge in [0.15, 0.2) is 5.96 Å². The van der Waals surface area contributed by atoms with Gasteiger partial charge in [-0.05, 0) is 23.3 Å². The van der Waals surface area contributed by atoms with Crippen LogP contribution in [0.15, 0.2) is 53.5 Å². The van der Waals surface area contributed by atoms with Gasteiger partial charge in [0.25, 0.3) is 0 Å². The molecule has 4 rings (SSSR count). The van der Waals surface area contributed by atoms with Crippen LogP contribution in [0.1, 0.15) is 11.1 Å². The Bertz CT molecular complexity index is 896. The van der Waals surface area contributed by atoms with E-state index < -0.39 is 0 Å². The number of halogens is 1. The average molecular weight is 566 g/mol. The molecule has 2 aromatic rings. The fourth-order valence-electron chi connectivity index (χ4n) is 4.44. The highest BCUT2D eigenvalue weighted by molar-refractivity contribution is 14.0. The zero-order valence-corrected chi connectivity index (χ0v) is 22.0. The minimum absolute atomic E-state index is 0. The fourth-order valence-corrected chi connectivity index (χ4v) is 4.44. The summed E-state index contributed by atoms with van der Waals surface area (Å²) in [6.45, 7) is 9.13. The molecule has 0 spiro atoms. The summed E-state index contributed by atoms with van der Waals surface area (Å²) in [5.74, 6) is 1.89. The normalized spacial score (nSPS) is 17.5. The van der Waals surface area contributed by atoms with Crippen LogP contribution in [0, 0.1) is 0 Å². The molecule has 8 heteroatoms. The number of methoxy groups -OCH3 is 1. The summed E-state index contributed by atoms with van der Waals surface area (Å²) in [7, 11) is 3.60. The van der Waals surface area contributed by atoms with E-state index in [4.69, 9.17) is 9.47 Å². The lowest BCUT2D eigenvalue weighted by Gasteiger charge is -2.38. The molecular formula is C25H36IN5O2. The van der Waals surface area contributed by atoms with Gasteiger partial charge in [-0.2, -0.15) is 0 Å². The predicted octanol–water partition coefficient (Wildman–Crippen LogP) is 3.04. The van der Waals surface area contributed by atoms with Crippen LogP contribution in [0.25, 0.3) is 0 Å². The SMILES string of the molecule is CN=C(NCc1ccccc1CN1CCOCC1)N1CCN(c2ccccc2OC)CC1.I. The molecule has 0 saturated carbocycles. The summed E-state index contributed by atoms with van der Waals surface area (Å²) >= 11 is 0. The van der Waals surface area contributed by atoms with Crippen molar-refractivity contribution in [3.8, 4) is 5.75 Å². The lowest BCUT2D eigenvalue weighted by atomic mass is 10.1. The Morgan fingerprint density at radius 3 is 2.30 bits per heavy atom. The van der Waals surface area contributed by atoms with E-state index in [1.807, 2.05) is 19.2 Å². The molecule has 2 fully saturated rings. The van der Waals surface area contributed by atoms with Gasteiger partial charge in [0, 0.05) is 59.4 Å². The third kappa shape index (κ3) is 6.74. The first kappa shape index (κ1) is 25.6. The number of guanidine groups is 1. The predicted molar refractivity (Wildman–Crippen MR) is 145 cm³/mol. The van der Waals surface area contributed by atoms with E-state index in [-0.39, 0.29) is 24.0 Å². The Labute approximate surface area is 214 Å². The zero-order chi connectivity index (χ0) is 22.2. The number of piperazine rings is 1. The summed E-state index contributed by atoms with van der Waals surface area (Å²) in [6, 6.07) is 16.9. The van der Waals surface area contributed by atoms with Gasteiger partial charge in [0.2, 0.25) is 0 Å². The Hall–Kier alpha value is -2.04. The van der Waals surface area contributed by atoms with E-state index >= 15 is 0 Å². The Morgan fingerprint density at radius 2 is 1.61 bits per heavy atom. The van der Waals surface area contributed by atoms with Crippen molar-refractivity contribution in [2.24, 2.45) is 4.99 Å². The lowest BCUT2D eigenvalue weighted by Crippen LogP contribution is -2.52.